The van der Waals surface area contributed by atoms with Crippen molar-refractivity contribution >= 4 is 22.4 Å². The monoisotopic (exact) mass is 333 g/mol. The molecule has 3 aromatic rings. The third-order valence-corrected chi connectivity index (χ3v) is 3.70. The molecular weight excluding hydrogens is 322 g/mol. The third kappa shape index (κ3) is 2.97. The highest BCUT2D eigenvalue weighted by atomic mass is 32.1. The molecule has 0 radical (unpaired) electrons. The van der Waals surface area contributed by atoms with Gasteiger partial charge in [-0.05, 0) is 25.1 Å². The van der Waals surface area contributed by atoms with E-state index in [0.717, 1.165) is 17.0 Å². The number of hydrogen-bond donors (Lipinski definition) is 1. The minimum Gasteiger partial charge on any atom is -0.490 e. The second kappa shape index (κ2) is 6.01. The van der Waals surface area contributed by atoms with Crippen LogP contribution in [0.4, 0.5) is 5.13 Å². The molecule has 0 aliphatic rings. The molecule has 1 N–H and O–H groups in total. The third-order valence-electron chi connectivity index (χ3n) is 2.88. The van der Waals surface area contributed by atoms with Gasteiger partial charge in [0.25, 0.3) is 5.91 Å². The molecule has 3 rings (SSSR count). The van der Waals surface area contributed by atoms with Gasteiger partial charge in [0.1, 0.15) is 0 Å². The summed E-state index contributed by atoms with van der Waals surface area (Å²) in [5.74, 6) is -0.735. The summed E-state index contributed by atoms with van der Waals surface area (Å²) in [6.45, 7) is 1.87. The lowest BCUT2D eigenvalue weighted by molar-refractivity contribution is 0.0991. The molecule has 0 saturated heterocycles. The van der Waals surface area contributed by atoms with Crippen molar-refractivity contribution in [3.63, 3.8) is 0 Å². The average Bonchev–Trinajstić information content (AvgIpc) is 3.15. The molecule has 23 heavy (non-hydrogen) atoms. The van der Waals surface area contributed by atoms with Crippen molar-refractivity contribution in [1.82, 2.24) is 20.0 Å². The van der Waals surface area contributed by atoms with Gasteiger partial charge in [-0.25, -0.2) is 9.48 Å². The zero-order chi connectivity index (χ0) is 16.4. The second-order valence-corrected chi connectivity index (χ2v) is 5.34. The number of nitrogens with zero attached hydrogens (tertiary/aromatic N) is 4. The molecule has 3 heterocycles. The molecule has 0 spiro atoms. The fourth-order valence-electron chi connectivity index (χ4n) is 1.76. The standard InChI is InChI=1S/C13H11N5O4S/c1-7-5-6-14-18(7)13-17-16-12(23-13)15-10(19)8-3-4-9(21-2)11(20)22-8/h3-6H,1-2H3,(H,15,16,19). The van der Waals surface area contributed by atoms with Gasteiger partial charge in [-0.1, -0.05) is 11.3 Å². The number of ether oxygens (including phenoxy) is 1. The molecular formula is C13H11N5O4S. The number of amides is 1. The van der Waals surface area contributed by atoms with Gasteiger partial charge < -0.3 is 9.15 Å². The van der Waals surface area contributed by atoms with Crippen molar-refractivity contribution in [3.8, 4) is 10.9 Å². The summed E-state index contributed by atoms with van der Waals surface area (Å²) in [5, 5.41) is 15.2. The number of nitrogens with one attached hydrogen (secondary N) is 1. The highest BCUT2D eigenvalue weighted by Gasteiger charge is 2.15. The number of carbonyl (C=O) groups excluding carboxylic acids is 1. The van der Waals surface area contributed by atoms with Crippen molar-refractivity contribution in [2.75, 3.05) is 12.4 Å². The molecule has 0 bridgehead atoms. The van der Waals surface area contributed by atoms with E-state index < -0.39 is 11.5 Å². The van der Waals surface area contributed by atoms with Crippen LogP contribution in [0.25, 0.3) is 5.13 Å². The highest BCUT2D eigenvalue weighted by molar-refractivity contribution is 7.17. The molecule has 0 fully saturated rings. The van der Waals surface area contributed by atoms with Crippen LogP contribution in [0, 0.1) is 6.92 Å². The largest absolute Gasteiger partial charge is 0.490 e. The summed E-state index contributed by atoms with van der Waals surface area (Å²) < 4.78 is 11.3. The molecule has 118 valence electrons. The molecule has 0 aromatic carbocycles. The Bertz CT molecular complexity index is 913. The lowest BCUT2D eigenvalue weighted by Crippen LogP contribution is -2.15. The minimum absolute atomic E-state index is 0.0221. The molecule has 9 nitrogen and oxygen atoms in total. The van der Waals surface area contributed by atoms with E-state index in [-0.39, 0.29) is 16.6 Å². The van der Waals surface area contributed by atoms with Crippen LogP contribution in [-0.4, -0.2) is 33.0 Å². The number of carbonyl (C=O) groups is 1. The summed E-state index contributed by atoms with van der Waals surface area (Å²) in [4.78, 5) is 23.6. The van der Waals surface area contributed by atoms with Crippen LogP contribution in [0.2, 0.25) is 0 Å². The number of aryl methyl sites for hydroxylation is 1. The number of aromatic nitrogens is 4. The zero-order valence-corrected chi connectivity index (χ0v) is 13.0. The SMILES string of the molecule is COc1ccc(C(=O)Nc2nnc(-n3nccc3C)s2)oc1=O. The maximum absolute atomic E-state index is 12.1. The topological polar surface area (TPSA) is 112 Å². The second-order valence-electron chi connectivity index (χ2n) is 4.38. The molecule has 0 aliphatic carbocycles. The number of anilines is 1. The van der Waals surface area contributed by atoms with Crippen molar-refractivity contribution < 1.29 is 13.9 Å². The molecule has 0 unspecified atom stereocenters. The highest BCUT2D eigenvalue weighted by Crippen LogP contribution is 2.20. The number of rotatable bonds is 4. The Hall–Kier alpha value is -3.01. The first-order chi connectivity index (χ1) is 11.1. The lowest BCUT2D eigenvalue weighted by atomic mass is 10.3. The van der Waals surface area contributed by atoms with Crippen LogP contribution in [0.5, 0.6) is 5.75 Å². The van der Waals surface area contributed by atoms with Gasteiger partial charge in [0.2, 0.25) is 16.0 Å². The predicted molar refractivity (Wildman–Crippen MR) is 81.3 cm³/mol. The molecule has 0 saturated carbocycles. The normalized spacial score (nSPS) is 10.5. The number of hydrogen-bond acceptors (Lipinski definition) is 8. The maximum atomic E-state index is 12.1. The van der Waals surface area contributed by atoms with Crippen LogP contribution in [-0.2, 0) is 0 Å². The van der Waals surface area contributed by atoms with Crippen molar-refractivity contribution in [1.29, 1.82) is 0 Å². The summed E-state index contributed by atoms with van der Waals surface area (Å²) in [6, 6.07) is 4.53. The Morgan fingerprint density at radius 1 is 1.35 bits per heavy atom. The summed E-state index contributed by atoms with van der Waals surface area (Å²) in [6.07, 6.45) is 1.64. The summed E-state index contributed by atoms with van der Waals surface area (Å²) >= 11 is 1.14. The average molecular weight is 333 g/mol. The van der Waals surface area contributed by atoms with Crippen LogP contribution in [0.15, 0.2) is 33.6 Å². The Morgan fingerprint density at radius 2 is 2.17 bits per heavy atom. The van der Waals surface area contributed by atoms with E-state index in [0.29, 0.717) is 5.13 Å². The first-order valence-electron chi connectivity index (χ1n) is 6.42. The Balaban J connectivity index is 1.78. The van der Waals surface area contributed by atoms with Gasteiger partial charge in [0.15, 0.2) is 5.76 Å². The molecule has 0 aliphatic heterocycles. The van der Waals surface area contributed by atoms with E-state index in [9.17, 15) is 9.59 Å². The van der Waals surface area contributed by atoms with E-state index in [1.807, 2.05) is 13.0 Å². The van der Waals surface area contributed by atoms with Gasteiger partial charge in [0, 0.05) is 11.9 Å². The van der Waals surface area contributed by atoms with Crippen LogP contribution in [0.3, 0.4) is 0 Å². The van der Waals surface area contributed by atoms with Crippen LogP contribution >= 0.6 is 11.3 Å². The van der Waals surface area contributed by atoms with Crippen molar-refractivity contribution in [2.45, 2.75) is 6.92 Å². The minimum atomic E-state index is -0.731. The van der Waals surface area contributed by atoms with E-state index >= 15 is 0 Å². The lowest BCUT2D eigenvalue weighted by Gasteiger charge is -2.01. The van der Waals surface area contributed by atoms with E-state index in [4.69, 9.17) is 9.15 Å². The van der Waals surface area contributed by atoms with Crippen LogP contribution < -0.4 is 15.7 Å². The van der Waals surface area contributed by atoms with Gasteiger partial charge in [-0.2, -0.15) is 5.10 Å². The smallest absolute Gasteiger partial charge is 0.379 e. The zero-order valence-electron chi connectivity index (χ0n) is 12.1. The first kappa shape index (κ1) is 14.9. The van der Waals surface area contributed by atoms with Gasteiger partial charge in [-0.3, -0.25) is 10.1 Å². The molecule has 1 amide bonds. The van der Waals surface area contributed by atoms with Crippen molar-refractivity contribution in [3.05, 3.63) is 46.3 Å². The quantitative estimate of drug-likeness (QED) is 0.764. The number of methoxy groups -OCH3 is 1. The first-order valence-corrected chi connectivity index (χ1v) is 7.24. The molecule has 0 atom stereocenters. The molecule has 3 aromatic heterocycles. The van der Waals surface area contributed by atoms with Gasteiger partial charge in [-0.15, -0.1) is 10.2 Å². The van der Waals surface area contributed by atoms with Gasteiger partial charge >= 0.3 is 5.63 Å². The molecule has 10 heteroatoms. The fraction of sp³-hybridized carbons (Fsp3) is 0.154. The Morgan fingerprint density at radius 3 is 2.83 bits per heavy atom. The van der Waals surface area contributed by atoms with E-state index in [1.54, 1.807) is 10.9 Å². The van der Waals surface area contributed by atoms with E-state index in [2.05, 4.69) is 20.6 Å². The predicted octanol–water partition coefficient (Wildman–Crippen LogP) is 1.25. The summed E-state index contributed by atoms with van der Waals surface area (Å²) in [7, 11) is 1.34. The maximum Gasteiger partial charge on any atom is 0.379 e. The van der Waals surface area contributed by atoms with E-state index in [1.165, 1.54) is 19.2 Å². The Kier molecular flexibility index (Phi) is 3.89. The van der Waals surface area contributed by atoms with Gasteiger partial charge in [0.05, 0.1) is 7.11 Å². The fourth-order valence-corrected chi connectivity index (χ4v) is 2.51. The Labute approximate surface area is 133 Å². The van der Waals surface area contributed by atoms with Crippen molar-refractivity contribution in [2.24, 2.45) is 0 Å². The van der Waals surface area contributed by atoms with Crippen LogP contribution in [0.1, 0.15) is 16.2 Å². The summed E-state index contributed by atoms with van der Waals surface area (Å²) in [5.41, 5.74) is 0.158.